The van der Waals surface area contributed by atoms with Crippen molar-refractivity contribution >= 4 is 33.7 Å². The number of benzene rings is 2. The molecular weight excluding hydrogens is 370 g/mol. The number of amides is 1. The van der Waals surface area contributed by atoms with Gasteiger partial charge >= 0.3 is 0 Å². The first-order chi connectivity index (χ1) is 11.5. The molecule has 0 aliphatic carbocycles. The number of hydrogen-bond donors (Lipinski definition) is 1. The topological polar surface area (TPSA) is 53.9 Å². The van der Waals surface area contributed by atoms with Gasteiger partial charge in [0.05, 0.1) is 6.21 Å². The van der Waals surface area contributed by atoms with Gasteiger partial charge in [-0.05, 0) is 48.9 Å². The largest absolute Gasteiger partial charge is 0.481 e. The summed E-state index contributed by atoms with van der Waals surface area (Å²) in [5.41, 5.74) is 4.50. The Morgan fingerprint density at radius 3 is 2.38 bits per heavy atom. The molecule has 1 N–H and O–H groups in total. The van der Waals surface area contributed by atoms with E-state index in [-0.39, 0.29) is 5.91 Å². The molecule has 1 atom stereocenters. The van der Waals surface area contributed by atoms with Crippen LogP contribution in [-0.4, -0.2) is 32.3 Å². The van der Waals surface area contributed by atoms with Gasteiger partial charge in [0.25, 0.3) is 5.91 Å². The van der Waals surface area contributed by atoms with Crippen LogP contribution in [0, 0.1) is 0 Å². The maximum atomic E-state index is 12.0. The zero-order valence-electron chi connectivity index (χ0n) is 13.9. The lowest BCUT2D eigenvalue weighted by atomic mass is 10.2. The van der Waals surface area contributed by atoms with Crippen molar-refractivity contribution in [2.75, 3.05) is 19.0 Å². The number of hydrogen-bond acceptors (Lipinski definition) is 4. The van der Waals surface area contributed by atoms with Crippen LogP contribution in [0.15, 0.2) is 58.1 Å². The van der Waals surface area contributed by atoms with E-state index in [0.29, 0.717) is 5.75 Å². The third-order valence-corrected chi connectivity index (χ3v) is 3.82. The number of carbonyl (C=O) groups is 1. The van der Waals surface area contributed by atoms with Crippen molar-refractivity contribution in [3.05, 3.63) is 58.6 Å². The lowest BCUT2D eigenvalue weighted by molar-refractivity contribution is -0.127. The number of carbonyl (C=O) groups excluding carboxylic acids is 1. The highest BCUT2D eigenvalue weighted by Crippen LogP contribution is 2.17. The number of hydrazone groups is 1. The fourth-order valence-corrected chi connectivity index (χ4v) is 2.16. The zero-order valence-corrected chi connectivity index (χ0v) is 15.4. The Morgan fingerprint density at radius 1 is 1.17 bits per heavy atom. The first-order valence-corrected chi connectivity index (χ1v) is 8.27. The van der Waals surface area contributed by atoms with E-state index >= 15 is 0 Å². The van der Waals surface area contributed by atoms with Gasteiger partial charge in [0.15, 0.2) is 6.10 Å². The SMILES string of the molecule is C[C@H](Oc1ccc(Br)cc1)C(=O)N/N=C\c1ccc(N(C)C)cc1. The average molecular weight is 390 g/mol. The molecule has 2 aromatic rings. The molecule has 0 heterocycles. The van der Waals surface area contributed by atoms with E-state index in [1.807, 2.05) is 55.4 Å². The second-order valence-corrected chi connectivity index (χ2v) is 6.35. The molecule has 0 spiro atoms. The first kappa shape index (κ1) is 18.0. The third-order valence-electron chi connectivity index (χ3n) is 3.29. The Bertz CT molecular complexity index is 697. The summed E-state index contributed by atoms with van der Waals surface area (Å²) in [5, 5.41) is 3.97. The number of rotatable bonds is 6. The minimum absolute atomic E-state index is 0.306. The molecule has 2 aromatic carbocycles. The van der Waals surface area contributed by atoms with Gasteiger partial charge in [0.1, 0.15) is 5.75 Å². The Morgan fingerprint density at radius 2 is 1.79 bits per heavy atom. The molecule has 0 saturated heterocycles. The molecule has 0 saturated carbocycles. The lowest BCUT2D eigenvalue weighted by Gasteiger charge is -2.13. The van der Waals surface area contributed by atoms with Gasteiger partial charge in [-0.25, -0.2) is 5.43 Å². The molecule has 0 radical (unpaired) electrons. The van der Waals surface area contributed by atoms with Crippen LogP contribution in [0.5, 0.6) is 5.75 Å². The van der Waals surface area contributed by atoms with Crippen LogP contribution in [0.2, 0.25) is 0 Å². The van der Waals surface area contributed by atoms with Crippen molar-refractivity contribution < 1.29 is 9.53 Å². The third kappa shape index (κ3) is 5.38. The van der Waals surface area contributed by atoms with E-state index in [4.69, 9.17) is 4.74 Å². The summed E-state index contributed by atoms with van der Waals surface area (Å²) in [7, 11) is 3.96. The molecule has 2 rings (SSSR count). The maximum Gasteiger partial charge on any atom is 0.280 e. The quantitative estimate of drug-likeness (QED) is 0.608. The van der Waals surface area contributed by atoms with E-state index in [9.17, 15) is 4.79 Å². The Labute approximate surface area is 150 Å². The summed E-state index contributed by atoms with van der Waals surface area (Å²) < 4.78 is 6.52. The van der Waals surface area contributed by atoms with Crippen molar-refractivity contribution in [3.63, 3.8) is 0 Å². The van der Waals surface area contributed by atoms with Gasteiger partial charge in [0, 0.05) is 24.3 Å². The second kappa shape index (κ2) is 8.49. The van der Waals surface area contributed by atoms with Gasteiger partial charge in [-0.3, -0.25) is 4.79 Å². The smallest absolute Gasteiger partial charge is 0.280 e. The molecular formula is C18H20BrN3O2. The lowest BCUT2D eigenvalue weighted by Crippen LogP contribution is -2.33. The molecule has 0 unspecified atom stereocenters. The normalized spacial score (nSPS) is 12.0. The van der Waals surface area contributed by atoms with Crippen molar-refractivity contribution in [2.45, 2.75) is 13.0 Å². The monoisotopic (exact) mass is 389 g/mol. The van der Waals surface area contributed by atoms with Crippen LogP contribution in [0.25, 0.3) is 0 Å². The van der Waals surface area contributed by atoms with Gasteiger partial charge in [-0.15, -0.1) is 0 Å². The van der Waals surface area contributed by atoms with Crippen LogP contribution in [0.4, 0.5) is 5.69 Å². The van der Waals surface area contributed by atoms with Gasteiger partial charge < -0.3 is 9.64 Å². The Balaban J connectivity index is 1.86. The van der Waals surface area contributed by atoms with E-state index in [1.54, 1.807) is 25.3 Å². The van der Waals surface area contributed by atoms with Crippen LogP contribution >= 0.6 is 15.9 Å². The minimum Gasteiger partial charge on any atom is -0.481 e. The second-order valence-electron chi connectivity index (χ2n) is 5.43. The maximum absolute atomic E-state index is 12.0. The Kier molecular flexibility index (Phi) is 6.37. The summed E-state index contributed by atoms with van der Waals surface area (Å²) >= 11 is 3.35. The standard InChI is InChI=1S/C18H20BrN3O2/c1-13(24-17-10-6-15(19)7-11-17)18(23)21-20-12-14-4-8-16(9-5-14)22(2)3/h4-13H,1-3H3,(H,21,23)/b20-12-/t13-/m0/s1. The fraction of sp³-hybridized carbons (Fsp3) is 0.222. The molecule has 24 heavy (non-hydrogen) atoms. The van der Waals surface area contributed by atoms with E-state index in [0.717, 1.165) is 15.7 Å². The highest BCUT2D eigenvalue weighted by Gasteiger charge is 2.13. The van der Waals surface area contributed by atoms with Crippen LogP contribution in [0.3, 0.4) is 0 Å². The first-order valence-electron chi connectivity index (χ1n) is 7.48. The van der Waals surface area contributed by atoms with Crippen molar-refractivity contribution in [1.82, 2.24) is 5.43 Å². The van der Waals surface area contributed by atoms with Crippen molar-refractivity contribution in [3.8, 4) is 5.75 Å². The summed E-state index contributed by atoms with van der Waals surface area (Å²) in [6.45, 7) is 1.68. The van der Waals surface area contributed by atoms with Gasteiger partial charge in [-0.1, -0.05) is 28.1 Å². The summed E-state index contributed by atoms with van der Waals surface area (Å²) in [6.07, 6.45) is 0.961. The van der Waals surface area contributed by atoms with Crippen LogP contribution < -0.4 is 15.1 Å². The number of halogens is 1. The fourth-order valence-electron chi connectivity index (χ4n) is 1.89. The van der Waals surface area contributed by atoms with Gasteiger partial charge in [-0.2, -0.15) is 5.10 Å². The van der Waals surface area contributed by atoms with Crippen molar-refractivity contribution in [2.24, 2.45) is 5.10 Å². The highest BCUT2D eigenvalue weighted by molar-refractivity contribution is 9.10. The predicted octanol–water partition coefficient (Wildman–Crippen LogP) is 3.43. The van der Waals surface area contributed by atoms with E-state index in [2.05, 4.69) is 26.5 Å². The summed E-state index contributed by atoms with van der Waals surface area (Å²) in [6, 6.07) is 15.2. The molecule has 0 aliphatic heterocycles. The van der Waals surface area contributed by atoms with Crippen molar-refractivity contribution in [1.29, 1.82) is 0 Å². The highest BCUT2D eigenvalue weighted by atomic mass is 79.9. The Hall–Kier alpha value is -2.34. The van der Waals surface area contributed by atoms with Crippen LogP contribution in [-0.2, 0) is 4.79 Å². The zero-order chi connectivity index (χ0) is 17.5. The van der Waals surface area contributed by atoms with Gasteiger partial charge in [0.2, 0.25) is 0 Å². The number of nitrogens with one attached hydrogen (secondary N) is 1. The summed E-state index contributed by atoms with van der Waals surface area (Å²) in [4.78, 5) is 14.0. The van der Waals surface area contributed by atoms with E-state index < -0.39 is 6.10 Å². The van der Waals surface area contributed by atoms with Crippen LogP contribution in [0.1, 0.15) is 12.5 Å². The number of nitrogens with zero attached hydrogens (tertiary/aromatic N) is 2. The molecule has 5 nitrogen and oxygen atoms in total. The molecule has 0 aliphatic rings. The summed E-state index contributed by atoms with van der Waals surface area (Å²) in [5.74, 6) is 0.322. The molecule has 126 valence electrons. The molecule has 0 fully saturated rings. The molecule has 0 aromatic heterocycles. The molecule has 1 amide bonds. The predicted molar refractivity (Wildman–Crippen MR) is 101 cm³/mol. The minimum atomic E-state index is -0.639. The molecule has 6 heteroatoms. The number of anilines is 1. The average Bonchev–Trinajstić information content (AvgIpc) is 2.57. The van der Waals surface area contributed by atoms with E-state index in [1.165, 1.54) is 0 Å². The number of ether oxygens (including phenoxy) is 1. The molecule has 0 bridgehead atoms.